The van der Waals surface area contributed by atoms with E-state index >= 15 is 0 Å². The Bertz CT molecular complexity index is 474. The number of halogens is 1. The number of carbonyl (C=O) groups is 1. The van der Waals surface area contributed by atoms with Crippen molar-refractivity contribution in [2.24, 2.45) is 16.6 Å². The first kappa shape index (κ1) is 16.5. The molecule has 1 rings (SSSR count). The van der Waals surface area contributed by atoms with E-state index in [0.29, 0.717) is 11.9 Å². The van der Waals surface area contributed by atoms with Crippen molar-refractivity contribution in [2.75, 3.05) is 18.4 Å². The van der Waals surface area contributed by atoms with Gasteiger partial charge in [-0.05, 0) is 30.5 Å². The van der Waals surface area contributed by atoms with Crippen LogP contribution in [0.1, 0.15) is 20.3 Å². The summed E-state index contributed by atoms with van der Waals surface area (Å²) in [5, 5.41) is 5.74. The molecule has 1 aromatic carbocycles. The second-order valence-corrected chi connectivity index (χ2v) is 5.78. The first-order valence-electron chi connectivity index (χ1n) is 6.56. The molecule has 110 valence electrons. The quantitative estimate of drug-likeness (QED) is 0.549. The van der Waals surface area contributed by atoms with Crippen LogP contribution in [0.25, 0.3) is 0 Å². The van der Waals surface area contributed by atoms with E-state index in [1.54, 1.807) is 0 Å². The van der Waals surface area contributed by atoms with Crippen molar-refractivity contribution in [1.29, 1.82) is 0 Å². The van der Waals surface area contributed by atoms with Gasteiger partial charge in [0.05, 0.1) is 0 Å². The van der Waals surface area contributed by atoms with Crippen molar-refractivity contribution in [1.82, 2.24) is 5.32 Å². The molecular formula is C14H21BrN4O. The van der Waals surface area contributed by atoms with Crippen LogP contribution in [-0.4, -0.2) is 25.0 Å². The number of nitrogens with two attached hydrogens (primary N) is 1. The first-order valence-corrected chi connectivity index (χ1v) is 7.36. The third kappa shape index (κ3) is 7.13. The summed E-state index contributed by atoms with van der Waals surface area (Å²) in [7, 11) is 0. The predicted octanol–water partition coefficient (Wildman–Crippen LogP) is 2.34. The summed E-state index contributed by atoms with van der Waals surface area (Å²) < 4.78 is 0.911. The van der Waals surface area contributed by atoms with Gasteiger partial charge in [-0.3, -0.25) is 4.79 Å². The fourth-order valence-electron chi connectivity index (χ4n) is 1.47. The average Bonchev–Trinajstić information content (AvgIpc) is 2.36. The number of carbonyl (C=O) groups excluding carboxylic acids is 1. The molecule has 1 amide bonds. The second-order valence-electron chi connectivity index (χ2n) is 4.87. The van der Waals surface area contributed by atoms with E-state index in [-0.39, 0.29) is 12.5 Å². The van der Waals surface area contributed by atoms with Crippen molar-refractivity contribution in [3.8, 4) is 0 Å². The van der Waals surface area contributed by atoms with Crippen molar-refractivity contribution in [2.45, 2.75) is 20.3 Å². The molecular weight excluding hydrogens is 320 g/mol. The average molecular weight is 341 g/mol. The van der Waals surface area contributed by atoms with Gasteiger partial charge in [-0.2, -0.15) is 0 Å². The maximum absolute atomic E-state index is 11.7. The van der Waals surface area contributed by atoms with Gasteiger partial charge in [-0.1, -0.05) is 35.8 Å². The Morgan fingerprint density at radius 2 is 2.20 bits per heavy atom. The van der Waals surface area contributed by atoms with E-state index in [1.807, 2.05) is 24.3 Å². The lowest BCUT2D eigenvalue weighted by Crippen LogP contribution is -2.34. The Labute approximate surface area is 128 Å². The molecule has 5 nitrogen and oxygen atoms in total. The Morgan fingerprint density at radius 1 is 1.45 bits per heavy atom. The molecule has 20 heavy (non-hydrogen) atoms. The van der Waals surface area contributed by atoms with Gasteiger partial charge in [0.1, 0.15) is 6.54 Å². The number of rotatable bonds is 6. The zero-order valence-corrected chi connectivity index (χ0v) is 13.4. The summed E-state index contributed by atoms with van der Waals surface area (Å²) in [6, 6.07) is 7.39. The summed E-state index contributed by atoms with van der Waals surface area (Å²) in [5.41, 5.74) is 6.40. The van der Waals surface area contributed by atoms with Crippen LogP contribution in [0.5, 0.6) is 0 Å². The summed E-state index contributed by atoms with van der Waals surface area (Å²) in [5.74, 6) is 0.710. The Hall–Kier alpha value is -1.56. The molecule has 0 spiro atoms. The van der Waals surface area contributed by atoms with E-state index in [1.165, 1.54) is 0 Å². The standard InChI is InChI=1S/C14H21BrN4O/c1-10(2)6-7-17-14(16)18-9-13(20)19-12-5-3-4-11(15)8-12/h3-5,8,10H,6-7,9H2,1-2H3,(H,19,20)(H3,16,17,18). The van der Waals surface area contributed by atoms with Crippen LogP contribution in [-0.2, 0) is 4.79 Å². The molecule has 0 radical (unpaired) electrons. The van der Waals surface area contributed by atoms with Gasteiger partial charge >= 0.3 is 0 Å². The number of aliphatic imine (C=N–C) groups is 1. The number of amides is 1. The molecule has 6 heteroatoms. The molecule has 0 fully saturated rings. The smallest absolute Gasteiger partial charge is 0.246 e. The molecule has 4 N–H and O–H groups in total. The third-order valence-electron chi connectivity index (χ3n) is 2.53. The van der Waals surface area contributed by atoms with Gasteiger partial charge in [0.25, 0.3) is 0 Å². The molecule has 0 aliphatic heterocycles. The van der Waals surface area contributed by atoms with Crippen LogP contribution in [0.4, 0.5) is 5.69 Å². The molecule has 0 aliphatic carbocycles. The normalized spacial score (nSPS) is 11.5. The minimum Gasteiger partial charge on any atom is -0.370 e. The van der Waals surface area contributed by atoms with E-state index in [4.69, 9.17) is 5.73 Å². The van der Waals surface area contributed by atoms with Crippen LogP contribution in [0.2, 0.25) is 0 Å². The molecule has 0 saturated carbocycles. The van der Waals surface area contributed by atoms with Crippen molar-refractivity contribution < 1.29 is 4.79 Å². The Morgan fingerprint density at radius 3 is 2.85 bits per heavy atom. The van der Waals surface area contributed by atoms with Crippen molar-refractivity contribution >= 4 is 33.5 Å². The SMILES string of the molecule is CC(C)CCNC(N)=NCC(=O)Nc1cccc(Br)c1. The molecule has 1 aromatic rings. The lowest BCUT2D eigenvalue weighted by Gasteiger charge is -2.07. The molecule has 0 atom stereocenters. The number of guanidine groups is 1. The van der Waals surface area contributed by atoms with E-state index in [0.717, 1.165) is 23.1 Å². The van der Waals surface area contributed by atoms with Crippen LogP contribution in [0.15, 0.2) is 33.7 Å². The third-order valence-corrected chi connectivity index (χ3v) is 3.02. The molecule has 0 unspecified atom stereocenters. The zero-order chi connectivity index (χ0) is 15.0. The van der Waals surface area contributed by atoms with Gasteiger partial charge in [-0.25, -0.2) is 4.99 Å². The number of nitrogens with one attached hydrogen (secondary N) is 2. The summed E-state index contributed by atoms with van der Waals surface area (Å²) >= 11 is 3.35. The van der Waals surface area contributed by atoms with Gasteiger partial charge in [0.15, 0.2) is 5.96 Å². The fourth-order valence-corrected chi connectivity index (χ4v) is 1.87. The van der Waals surface area contributed by atoms with Crippen molar-refractivity contribution in [3.05, 3.63) is 28.7 Å². The maximum atomic E-state index is 11.7. The van der Waals surface area contributed by atoms with E-state index < -0.39 is 0 Å². The Kier molecular flexibility index (Phi) is 7.08. The topological polar surface area (TPSA) is 79.5 Å². The number of hydrogen-bond donors (Lipinski definition) is 3. The monoisotopic (exact) mass is 340 g/mol. The molecule has 0 saturated heterocycles. The highest BCUT2D eigenvalue weighted by Crippen LogP contribution is 2.15. The highest BCUT2D eigenvalue weighted by atomic mass is 79.9. The number of nitrogens with zero attached hydrogens (tertiary/aromatic N) is 1. The van der Waals surface area contributed by atoms with Crippen LogP contribution >= 0.6 is 15.9 Å². The summed E-state index contributed by atoms with van der Waals surface area (Å²) in [6.45, 7) is 5.05. The summed E-state index contributed by atoms with van der Waals surface area (Å²) in [6.07, 6.45) is 1.01. The van der Waals surface area contributed by atoms with Crippen molar-refractivity contribution in [3.63, 3.8) is 0 Å². The maximum Gasteiger partial charge on any atom is 0.246 e. The second kappa shape index (κ2) is 8.58. The lowest BCUT2D eigenvalue weighted by molar-refractivity contribution is -0.114. The van der Waals surface area contributed by atoms with Crippen LogP contribution in [0, 0.1) is 5.92 Å². The predicted molar refractivity (Wildman–Crippen MR) is 86.7 cm³/mol. The van der Waals surface area contributed by atoms with E-state index in [9.17, 15) is 4.79 Å². The first-order chi connectivity index (χ1) is 9.47. The number of benzene rings is 1. The number of hydrogen-bond acceptors (Lipinski definition) is 2. The summed E-state index contributed by atoms with van der Waals surface area (Å²) in [4.78, 5) is 15.7. The minimum atomic E-state index is -0.197. The molecule has 0 bridgehead atoms. The fraction of sp³-hybridized carbons (Fsp3) is 0.429. The highest BCUT2D eigenvalue weighted by molar-refractivity contribution is 9.10. The largest absolute Gasteiger partial charge is 0.370 e. The van der Waals surface area contributed by atoms with Crippen LogP contribution < -0.4 is 16.4 Å². The molecule has 0 heterocycles. The van der Waals surface area contributed by atoms with Gasteiger partial charge in [0.2, 0.25) is 5.91 Å². The van der Waals surface area contributed by atoms with Gasteiger partial charge in [0, 0.05) is 16.7 Å². The minimum absolute atomic E-state index is 0.00697. The van der Waals surface area contributed by atoms with E-state index in [2.05, 4.69) is 45.4 Å². The highest BCUT2D eigenvalue weighted by Gasteiger charge is 2.02. The lowest BCUT2D eigenvalue weighted by atomic mass is 10.1. The number of anilines is 1. The molecule has 0 aliphatic rings. The van der Waals surface area contributed by atoms with Gasteiger partial charge in [-0.15, -0.1) is 0 Å². The molecule has 0 aromatic heterocycles. The van der Waals surface area contributed by atoms with Crippen LogP contribution in [0.3, 0.4) is 0 Å². The Balaban J connectivity index is 2.35. The van der Waals surface area contributed by atoms with Gasteiger partial charge < -0.3 is 16.4 Å². The zero-order valence-electron chi connectivity index (χ0n) is 11.8.